The van der Waals surface area contributed by atoms with E-state index in [1.165, 1.54) is 43.4 Å². The van der Waals surface area contributed by atoms with E-state index in [1.54, 1.807) is 0 Å². The lowest BCUT2D eigenvalue weighted by molar-refractivity contribution is 0.110. The number of nitrogens with zero attached hydrogens (tertiary/aromatic N) is 2. The van der Waals surface area contributed by atoms with Crippen LogP contribution in [-0.2, 0) is 0 Å². The van der Waals surface area contributed by atoms with Crippen LogP contribution in [0.15, 0.2) is 36.8 Å². The molecule has 1 aliphatic heterocycles. The molecule has 2 heterocycles. The second-order valence-corrected chi connectivity index (χ2v) is 6.84. The van der Waals surface area contributed by atoms with Crippen molar-refractivity contribution in [2.75, 3.05) is 6.54 Å². The number of piperidine rings is 1. The lowest BCUT2D eigenvalue weighted by Gasteiger charge is -2.48. The number of hydrogen-bond donors (Lipinski definition) is 1. The largest absolute Gasteiger partial charge is 0.327 e. The Labute approximate surface area is 130 Å². The summed E-state index contributed by atoms with van der Waals surface area (Å²) in [5, 5.41) is 4.52. The van der Waals surface area contributed by atoms with Crippen LogP contribution < -0.4 is 5.32 Å². The fourth-order valence-electron chi connectivity index (χ4n) is 3.79. The molecule has 4 heteroatoms. The number of aromatic nitrogens is 2. The van der Waals surface area contributed by atoms with Gasteiger partial charge in [0, 0.05) is 16.6 Å². The van der Waals surface area contributed by atoms with Crippen LogP contribution in [0.25, 0.3) is 11.3 Å². The average Bonchev–Trinajstić information content (AvgIpc) is 2.96. The summed E-state index contributed by atoms with van der Waals surface area (Å²) < 4.78 is 2.37. The molecule has 1 aliphatic carbocycles. The van der Waals surface area contributed by atoms with E-state index in [4.69, 9.17) is 11.6 Å². The Hall–Kier alpha value is -1.32. The van der Waals surface area contributed by atoms with Gasteiger partial charge in [-0.05, 0) is 56.3 Å². The van der Waals surface area contributed by atoms with Crippen molar-refractivity contribution in [2.24, 2.45) is 0 Å². The van der Waals surface area contributed by atoms with Crippen LogP contribution in [0.5, 0.6) is 0 Å². The normalized spacial score (nSPS) is 24.0. The predicted molar refractivity (Wildman–Crippen MR) is 85.5 cm³/mol. The zero-order valence-electron chi connectivity index (χ0n) is 12.1. The summed E-state index contributed by atoms with van der Waals surface area (Å²) in [7, 11) is 0. The minimum absolute atomic E-state index is 0.407. The zero-order valence-corrected chi connectivity index (χ0v) is 12.8. The standard InChI is InChI=1S/C17H20ClN3/c18-14-4-2-13(3-5-14)16-11-19-12-21(16)15-6-9-20-17(10-15)7-1-8-17/h2-5,11-12,15,20H,1,6-10H2. The van der Waals surface area contributed by atoms with Gasteiger partial charge in [0.15, 0.2) is 0 Å². The molecule has 2 aromatic rings. The molecular formula is C17H20ClN3. The lowest BCUT2D eigenvalue weighted by atomic mass is 9.70. The van der Waals surface area contributed by atoms with Crippen LogP contribution in [0.3, 0.4) is 0 Å². The highest BCUT2D eigenvalue weighted by atomic mass is 35.5. The number of nitrogens with one attached hydrogen (secondary N) is 1. The molecule has 0 amide bonds. The maximum Gasteiger partial charge on any atom is 0.0953 e. The number of hydrogen-bond acceptors (Lipinski definition) is 2. The molecule has 2 fully saturated rings. The van der Waals surface area contributed by atoms with Crippen LogP contribution in [0.4, 0.5) is 0 Å². The second-order valence-electron chi connectivity index (χ2n) is 6.40. The highest BCUT2D eigenvalue weighted by molar-refractivity contribution is 6.30. The Morgan fingerprint density at radius 1 is 1.24 bits per heavy atom. The lowest BCUT2D eigenvalue weighted by Crippen LogP contribution is -2.55. The van der Waals surface area contributed by atoms with E-state index < -0.39 is 0 Å². The van der Waals surface area contributed by atoms with Crippen molar-refractivity contribution >= 4 is 11.6 Å². The van der Waals surface area contributed by atoms with E-state index in [-0.39, 0.29) is 0 Å². The molecule has 1 N–H and O–H groups in total. The van der Waals surface area contributed by atoms with Gasteiger partial charge < -0.3 is 9.88 Å². The van der Waals surface area contributed by atoms with Gasteiger partial charge in [-0.2, -0.15) is 0 Å². The quantitative estimate of drug-likeness (QED) is 0.907. The molecule has 21 heavy (non-hydrogen) atoms. The van der Waals surface area contributed by atoms with Crippen molar-refractivity contribution in [2.45, 2.75) is 43.7 Å². The molecule has 1 aromatic carbocycles. The Morgan fingerprint density at radius 2 is 2.05 bits per heavy atom. The molecular weight excluding hydrogens is 282 g/mol. The average molecular weight is 302 g/mol. The van der Waals surface area contributed by atoms with Crippen LogP contribution >= 0.6 is 11.6 Å². The third-order valence-electron chi connectivity index (χ3n) is 5.11. The van der Waals surface area contributed by atoms with Crippen LogP contribution in [0.1, 0.15) is 38.1 Å². The summed E-state index contributed by atoms with van der Waals surface area (Å²) >= 11 is 5.99. The molecule has 0 bridgehead atoms. The topological polar surface area (TPSA) is 29.9 Å². The highest BCUT2D eigenvalue weighted by Crippen LogP contribution is 2.42. The number of imidazole rings is 1. The first-order chi connectivity index (χ1) is 10.3. The van der Waals surface area contributed by atoms with Gasteiger partial charge in [0.2, 0.25) is 0 Å². The van der Waals surface area contributed by atoms with E-state index in [0.29, 0.717) is 11.6 Å². The van der Waals surface area contributed by atoms with Crippen molar-refractivity contribution in [1.82, 2.24) is 14.9 Å². The number of rotatable bonds is 2. The molecule has 4 rings (SSSR count). The number of benzene rings is 1. The van der Waals surface area contributed by atoms with Crippen molar-refractivity contribution in [3.05, 3.63) is 41.8 Å². The number of halogens is 1. The summed E-state index contributed by atoms with van der Waals surface area (Å²) in [4.78, 5) is 4.40. The second kappa shape index (κ2) is 5.15. The van der Waals surface area contributed by atoms with Crippen LogP contribution in [0, 0.1) is 0 Å². The van der Waals surface area contributed by atoms with E-state index in [0.717, 1.165) is 11.6 Å². The third-order valence-corrected chi connectivity index (χ3v) is 5.37. The molecule has 3 nitrogen and oxygen atoms in total. The van der Waals surface area contributed by atoms with Crippen molar-refractivity contribution in [3.63, 3.8) is 0 Å². The SMILES string of the molecule is Clc1ccc(-c2cncn2C2CCNC3(CCC3)C2)cc1. The summed E-state index contributed by atoms with van der Waals surface area (Å²) in [5.41, 5.74) is 2.80. The Balaban J connectivity index is 1.64. The van der Waals surface area contributed by atoms with E-state index >= 15 is 0 Å². The molecule has 1 aromatic heterocycles. The monoisotopic (exact) mass is 301 g/mol. The molecule has 1 spiro atoms. The van der Waals surface area contributed by atoms with Crippen LogP contribution in [0.2, 0.25) is 5.02 Å². The maximum absolute atomic E-state index is 5.99. The highest BCUT2D eigenvalue weighted by Gasteiger charge is 2.41. The van der Waals surface area contributed by atoms with E-state index in [2.05, 4.69) is 27.0 Å². The summed E-state index contributed by atoms with van der Waals surface area (Å²) in [6, 6.07) is 8.61. The van der Waals surface area contributed by atoms with Gasteiger partial charge in [0.1, 0.15) is 0 Å². The van der Waals surface area contributed by atoms with E-state index in [9.17, 15) is 0 Å². The predicted octanol–water partition coefficient (Wildman–Crippen LogP) is 4.05. The molecule has 1 saturated heterocycles. The van der Waals surface area contributed by atoms with E-state index in [1.807, 2.05) is 24.7 Å². The summed E-state index contributed by atoms with van der Waals surface area (Å²) in [6.07, 6.45) is 10.4. The minimum atomic E-state index is 0.407. The third kappa shape index (κ3) is 2.39. The van der Waals surface area contributed by atoms with Gasteiger partial charge in [0.25, 0.3) is 0 Å². The van der Waals surface area contributed by atoms with Gasteiger partial charge in [-0.1, -0.05) is 23.7 Å². The van der Waals surface area contributed by atoms with Crippen molar-refractivity contribution in [1.29, 1.82) is 0 Å². The summed E-state index contributed by atoms with van der Waals surface area (Å²) in [5.74, 6) is 0. The smallest absolute Gasteiger partial charge is 0.0953 e. The Kier molecular flexibility index (Phi) is 3.27. The molecule has 2 aliphatic rings. The molecule has 1 unspecified atom stereocenters. The van der Waals surface area contributed by atoms with Gasteiger partial charge in [-0.3, -0.25) is 0 Å². The molecule has 0 radical (unpaired) electrons. The first kappa shape index (κ1) is 13.4. The minimum Gasteiger partial charge on any atom is -0.327 e. The first-order valence-corrected chi connectivity index (χ1v) is 8.16. The maximum atomic E-state index is 5.99. The van der Waals surface area contributed by atoms with Crippen LogP contribution in [-0.4, -0.2) is 21.6 Å². The Morgan fingerprint density at radius 3 is 2.76 bits per heavy atom. The first-order valence-electron chi connectivity index (χ1n) is 7.79. The fraction of sp³-hybridized carbons (Fsp3) is 0.471. The summed E-state index contributed by atoms with van der Waals surface area (Å²) in [6.45, 7) is 1.11. The molecule has 1 atom stereocenters. The van der Waals surface area contributed by atoms with Crippen molar-refractivity contribution in [3.8, 4) is 11.3 Å². The van der Waals surface area contributed by atoms with Gasteiger partial charge in [-0.25, -0.2) is 4.98 Å². The zero-order chi connectivity index (χ0) is 14.3. The fourth-order valence-corrected chi connectivity index (χ4v) is 3.92. The molecule has 1 saturated carbocycles. The van der Waals surface area contributed by atoms with Crippen molar-refractivity contribution < 1.29 is 0 Å². The van der Waals surface area contributed by atoms with Gasteiger partial charge in [0.05, 0.1) is 18.2 Å². The Bertz CT molecular complexity index is 628. The molecule has 110 valence electrons. The van der Waals surface area contributed by atoms with Gasteiger partial charge in [-0.15, -0.1) is 0 Å². The van der Waals surface area contributed by atoms with Gasteiger partial charge >= 0.3 is 0 Å².